The highest BCUT2D eigenvalue weighted by Gasteiger charge is 2.28. The van der Waals surface area contributed by atoms with Crippen molar-refractivity contribution in [1.29, 1.82) is 0 Å². The van der Waals surface area contributed by atoms with E-state index in [0.717, 1.165) is 40.7 Å². The third-order valence-electron chi connectivity index (χ3n) is 4.96. The molecule has 0 spiro atoms. The number of benzene rings is 2. The zero-order valence-electron chi connectivity index (χ0n) is 16.3. The molecule has 6 heteroatoms. The number of methoxy groups -OCH3 is 5. The van der Waals surface area contributed by atoms with Gasteiger partial charge in [0.25, 0.3) is 0 Å². The van der Waals surface area contributed by atoms with Crippen LogP contribution in [0, 0.1) is 0 Å². The average molecular weight is 372 g/mol. The molecule has 0 bridgehead atoms. The molecule has 6 nitrogen and oxygen atoms in total. The van der Waals surface area contributed by atoms with Gasteiger partial charge in [-0.05, 0) is 53.3 Å². The molecule has 0 fully saturated rings. The quantitative estimate of drug-likeness (QED) is 0.726. The van der Waals surface area contributed by atoms with Gasteiger partial charge in [-0.3, -0.25) is 4.79 Å². The van der Waals surface area contributed by atoms with Gasteiger partial charge in [0, 0.05) is 5.56 Å². The van der Waals surface area contributed by atoms with Gasteiger partial charge in [0.15, 0.2) is 23.0 Å². The Kier molecular flexibility index (Phi) is 5.44. The maximum atomic E-state index is 11.9. The standard InChI is InChI=1S/C21H24O6/c1-23-16-8-12-6-7-14-13(10-19(22)26-4)9-18(25-3)21(27-5)20(14)15(12)11-17(16)24-2/h8-9,11H,6-7,10H2,1-5H3. The van der Waals surface area contributed by atoms with Crippen LogP contribution in [0.3, 0.4) is 0 Å². The van der Waals surface area contributed by atoms with E-state index < -0.39 is 0 Å². The first-order valence-electron chi connectivity index (χ1n) is 8.66. The van der Waals surface area contributed by atoms with Gasteiger partial charge in [0.1, 0.15) is 0 Å². The van der Waals surface area contributed by atoms with Crippen LogP contribution >= 0.6 is 0 Å². The van der Waals surface area contributed by atoms with Gasteiger partial charge in [0.05, 0.1) is 42.0 Å². The van der Waals surface area contributed by atoms with Crippen LogP contribution < -0.4 is 18.9 Å². The predicted molar refractivity (Wildman–Crippen MR) is 101 cm³/mol. The lowest BCUT2D eigenvalue weighted by Crippen LogP contribution is -2.13. The molecule has 2 aromatic carbocycles. The maximum Gasteiger partial charge on any atom is 0.309 e. The number of aryl methyl sites for hydroxylation is 1. The van der Waals surface area contributed by atoms with Crippen molar-refractivity contribution < 1.29 is 28.5 Å². The highest BCUT2D eigenvalue weighted by atomic mass is 16.5. The fourth-order valence-corrected chi connectivity index (χ4v) is 3.66. The molecule has 1 aliphatic carbocycles. The summed E-state index contributed by atoms with van der Waals surface area (Å²) in [6.07, 6.45) is 1.79. The molecule has 0 saturated heterocycles. The summed E-state index contributed by atoms with van der Waals surface area (Å²) in [6.45, 7) is 0. The molecule has 2 aromatic rings. The molecule has 0 aliphatic heterocycles. The largest absolute Gasteiger partial charge is 0.493 e. The van der Waals surface area contributed by atoms with Gasteiger partial charge < -0.3 is 23.7 Å². The highest BCUT2D eigenvalue weighted by molar-refractivity contribution is 5.85. The number of fused-ring (bicyclic) bond motifs is 3. The fourth-order valence-electron chi connectivity index (χ4n) is 3.66. The second-order valence-electron chi connectivity index (χ2n) is 6.24. The van der Waals surface area contributed by atoms with E-state index in [2.05, 4.69) is 0 Å². The smallest absolute Gasteiger partial charge is 0.309 e. The van der Waals surface area contributed by atoms with E-state index in [-0.39, 0.29) is 12.4 Å². The van der Waals surface area contributed by atoms with Crippen LogP contribution in [0.25, 0.3) is 11.1 Å². The van der Waals surface area contributed by atoms with E-state index in [1.165, 1.54) is 7.11 Å². The Morgan fingerprint density at radius 2 is 1.52 bits per heavy atom. The lowest BCUT2D eigenvalue weighted by atomic mass is 9.81. The minimum Gasteiger partial charge on any atom is -0.493 e. The Morgan fingerprint density at radius 3 is 2.11 bits per heavy atom. The van der Waals surface area contributed by atoms with E-state index in [0.29, 0.717) is 23.0 Å². The first kappa shape index (κ1) is 18.9. The summed E-state index contributed by atoms with van der Waals surface area (Å²) in [6, 6.07) is 5.81. The van der Waals surface area contributed by atoms with Gasteiger partial charge in [-0.15, -0.1) is 0 Å². The predicted octanol–water partition coefficient (Wildman–Crippen LogP) is 3.20. The number of carbonyl (C=O) groups is 1. The zero-order chi connectivity index (χ0) is 19.6. The monoisotopic (exact) mass is 372 g/mol. The van der Waals surface area contributed by atoms with Crippen molar-refractivity contribution in [3.05, 3.63) is 34.9 Å². The van der Waals surface area contributed by atoms with Crippen LogP contribution in [0.5, 0.6) is 23.0 Å². The van der Waals surface area contributed by atoms with E-state index in [4.69, 9.17) is 23.7 Å². The molecule has 3 rings (SSSR count). The molecule has 27 heavy (non-hydrogen) atoms. The molecule has 0 amide bonds. The summed E-state index contributed by atoms with van der Waals surface area (Å²) >= 11 is 0. The van der Waals surface area contributed by atoms with Crippen molar-refractivity contribution in [2.75, 3.05) is 35.5 Å². The van der Waals surface area contributed by atoms with Gasteiger partial charge in [-0.25, -0.2) is 0 Å². The number of hydrogen-bond donors (Lipinski definition) is 0. The summed E-state index contributed by atoms with van der Waals surface area (Å²) in [5.74, 6) is 2.27. The van der Waals surface area contributed by atoms with Crippen molar-refractivity contribution in [2.24, 2.45) is 0 Å². The minimum atomic E-state index is -0.289. The third kappa shape index (κ3) is 3.27. The summed E-state index contributed by atoms with van der Waals surface area (Å²) < 4.78 is 27.0. The van der Waals surface area contributed by atoms with Crippen LogP contribution in [0.4, 0.5) is 0 Å². The second-order valence-corrected chi connectivity index (χ2v) is 6.24. The van der Waals surface area contributed by atoms with Gasteiger partial charge in [0.2, 0.25) is 0 Å². The Hall–Kier alpha value is -2.89. The van der Waals surface area contributed by atoms with Gasteiger partial charge in [-0.2, -0.15) is 0 Å². The van der Waals surface area contributed by atoms with E-state index in [1.54, 1.807) is 28.4 Å². The lowest BCUT2D eigenvalue weighted by molar-refractivity contribution is -0.139. The number of esters is 1. The summed E-state index contributed by atoms with van der Waals surface area (Å²) in [7, 11) is 7.83. The Bertz CT molecular complexity index is 872. The normalized spacial score (nSPS) is 11.9. The maximum absolute atomic E-state index is 11.9. The average Bonchev–Trinajstić information content (AvgIpc) is 2.71. The Balaban J connectivity index is 2.29. The lowest BCUT2D eigenvalue weighted by Gasteiger charge is -2.27. The van der Waals surface area contributed by atoms with E-state index in [1.807, 2.05) is 18.2 Å². The van der Waals surface area contributed by atoms with E-state index >= 15 is 0 Å². The van der Waals surface area contributed by atoms with Crippen molar-refractivity contribution in [1.82, 2.24) is 0 Å². The molecule has 0 unspecified atom stereocenters. The summed E-state index contributed by atoms with van der Waals surface area (Å²) in [5, 5.41) is 0. The zero-order valence-corrected chi connectivity index (χ0v) is 16.3. The summed E-state index contributed by atoms with van der Waals surface area (Å²) in [5.41, 5.74) is 5.01. The van der Waals surface area contributed by atoms with Crippen LogP contribution in [0.2, 0.25) is 0 Å². The Labute approximate surface area is 158 Å². The van der Waals surface area contributed by atoms with Gasteiger partial charge in [-0.1, -0.05) is 0 Å². The molecule has 0 aromatic heterocycles. The topological polar surface area (TPSA) is 63.2 Å². The Morgan fingerprint density at radius 1 is 0.852 bits per heavy atom. The number of hydrogen-bond acceptors (Lipinski definition) is 6. The van der Waals surface area contributed by atoms with Crippen molar-refractivity contribution in [3.8, 4) is 34.1 Å². The van der Waals surface area contributed by atoms with Crippen molar-refractivity contribution in [2.45, 2.75) is 19.3 Å². The number of carbonyl (C=O) groups excluding carboxylic acids is 1. The van der Waals surface area contributed by atoms with Crippen LogP contribution in [-0.2, 0) is 28.8 Å². The molecular weight excluding hydrogens is 348 g/mol. The minimum absolute atomic E-state index is 0.182. The number of rotatable bonds is 6. The van der Waals surface area contributed by atoms with E-state index in [9.17, 15) is 4.79 Å². The summed E-state index contributed by atoms with van der Waals surface area (Å²) in [4.78, 5) is 11.9. The number of ether oxygens (including phenoxy) is 5. The molecule has 144 valence electrons. The molecular formula is C21H24O6. The molecule has 0 atom stereocenters. The second kappa shape index (κ2) is 7.78. The van der Waals surface area contributed by atoms with Crippen LogP contribution in [0.1, 0.15) is 16.7 Å². The molecule has 0 radical (unpaired) electrons. The van der Waals surface area contributed by atoms with Crippen LogP contribution in [0.15, 0.2) is 18.2 Å². The fraction of sp³-hybridized carbons (Fsp3) is 0.381. The molecule has 0 saturated carbocycles. The molecule has 0 heterocycles. The first-order valence-corrected chi connectivity index (χ1v) is 8.66. The molecule has 0 N–H and O–H groups in total. The highest BCUT2D eigenvalue weighted by Crippen LogP contribution is 2.49. The third-order valence-corrected chi connectivity index (χ3v) is 4.96. The van der Waals surface area contributed by atoms with Gasteiger partial charge >= 0.3 is 5.97 Å². The van der Waals surface area contributed by atoms with Crippen molar-refractivity contribution >= 4 is 5.97 Å². The SMILES string of the molecule is COC(=O)Cc1cc(OC)c(OC)c2c1CCc1cc(OC)c(OC)cc1-2. The van der Waals surface area contributed by atoms with Crippen LogP contribution in [-0.4, -0.2) is 41.5 Å². The first-order chi connectivity index (χ1) is 13.1. The van der Waals surface area contributed by atoms with Crippen molar-refractivity contribution in [3.63, 3.8) is 0 Å². The molecule has 1 aliphatic rings.